The summed E-state index contributed by atoms with van der Waals surface area (Å²) in [6.07, 6.45) is 2.61. The van der Waals surface area contributed by atoms with Gasteiger partial charge in [-0.1, -0.05) is 47.1 Å². The van der Waals surface area contributed by atoms with E-state index in [2.05, 4.69) is 28.6 Å². The second kappa shape index (κ2) is 4.76. The van der Waals surface area contributed by atoms with Crippen LogP contribution in [0.2, 0.25) is 0 Å². The van der Waals surface area contributed by atoms with Crippen LogP contribution in [0.5, 0.6) is 0 Å². The number of hydrogen-bond acceptors (Lipinski definition) is 1. The molecule has 1 atom stereocenters. The summed E-state index contributed by atoms with van der Waals surface area (Å²) in [6.45, 7) is 5.88. The maximum atomic E-state index is 9.25. The highest BCUT2D eigenvalue weighted by molar-refractivity contribution is 9.10. The summed E-state index contributed by atoms with van der Waals surface area (Å²) >= 11 is 3.49. The molecule has 0 bridgehead atoms. The molecule has 0 aliphatic carbocycles. The molecule has 0 saturated carbocycles. The second-order valence-electron chi connectivity index (χ2n) is 3.78. The van der Waals surface area contributed by atoms with Crippen molar-refractivity contribution < 1.29 is 5.11 Å². The van der Waals surface area contributed by atoms with Crippen molar-refractivity contribution in [2.75, 3.05) is 6.61 Å². The molecular formula is C12H15BrO. The maximum Gasteiger partial charge on any atom is 0.0522 e. The number of rotatable bonds is 4. The molecule has 1 N–H and O–H groups in total. The first kappa shape index (κ1) is 11.5. The van der Waals surface area contributed by atoms with Gasteiger partial charge in [0.15, 0.2) is 0 Å². The predicted molar refractivity (Wildman–Crippen MR) is 63.2 cm³/mol. The molecule has 1 nitrogen and oxygen atoms in total. The van der Waals surface area contributed by atoms with Crippen LogP contribution in [0.3, 0.4) is 0 Å². The van der Waals surface area contributed by atoms with Gasteiger partial charge >= 0.3 is 0 Å². The van der Waals surface area contributed by atoms with E-state index in [4.69, 9.17) is 0 Å². The first-order valence-corrected chi connectivity index (χ1v) is 5.38. The summed E-state index contributed by atoms with van der Waals surface area (Å²) < 4.78 is 1.08. The van der Waals surface area contributed by atoms with Crippen LogP contribution in [0.15, 0.2) is 41.4 Å². The van der Waals surface area contributed by atoms with Crippen LogP contribution in [0.4, 0.5) is 0 Å². The highest BCUT2D eigenvalue weighted by Crippen LogP contribution is 2.27. The van der Waals surface area contributed by atoms with Gasteiger partial charge in [-0.15, -0.1) is 6.58 Å². The normalized spacial score (nSPS) is 14.8. The van der Waals surface area contributed by atoms with Gasteiger partial charge in [0.1, 0.15) is 0 Å². The fourth-order valence-corrected chi connectivity index (χ4v) is 1.69. The van der Waals surface area contributed by atoms with Gasteiger partial charge in [0.05, 0.1) is 6.61 Å². The second-order valence-corrected chi connectivity index (χ2v) is 4.64. The number of halogens is 1. The van der Waals surface area contributed by atoms with Crippen molar-refractivity contribution in [1.29, 1.82) is 0 Å². The van der Waals surface area contributed by atoms with Crippen LogP contribution in [-0.4, -0.2) is 11.7 Å². The number of aliphatic hydroxyl groups is 1. The van der Waals surface area contributed by atoms with E-state index in [1.54, 1.807) is 0 Å². The Morgan fingerprint density at radius 3 is 2.64 bits per heavy atom. The fourth-order valence-electron chi connectivity index (χ4n) is 1.27. The molecule has 0 spiro atoms. The SMILES string of the molecule is C=CC(C)(CO)Cc1ccccc1Br. The van der Waals surface area contributed by atoms with Crippen LogP contribution in [-0.2, 0) is 6.42 Å². The third-order valence-corrected chi connectivity index (χ3v) is 3.18. The standard InChI is InChI=1S/C12H15BrO/c1-3-12(2,9-14)8-10-6-4-5-7-11(10)13/h3-7,14H,1,8-9H2,2H3. The zero-order chi connectivity index (χ0) is 10.6. The van der Waals surface area contributed by atoms with Crippen LogP contribution in [0, 0.1) is 5.41 Å². The summed E-state index contributed by atoms with van der Waals surface area (Å²) in [4.78, 5) is 0. The Labute approximate surface area is 93.6 Å². The molecule has 1 rings (SSSR count). The summed E-state index contributed by atoms with van der Waals surface area (Å²) in [5.74, 6) is 0. The average molecular weight is 255 g/mol. The Balaban J connectivity index is 2.87. The third-order valence-electron chi connectivity index (χ3n) is 2.41. The molecule has 0 aromatic heterocycles. The van der Waals surface area contributed by atoms with E-state index >= 15 is 0 Å². The van der Waals surface area contributed by atoms with E-state index in [1.165, 1.54) is 5.56 Å². The van der Waals surface area contributed by atoms with Crippen LogP contribution in [0.25, 0.3) is 0 Å². The fraction of sp³-hybridized carbons (Fsp3) is 0.333. The molecule has 0 saturated heterocycles. The van der Waals surface area contributed by atoms with Crippen LogP contribution in [0.1, 0.15) is 12.5 Å². The monoisotopic (exact) mass is 254 g/mol. The molecule has 2 heteroatoms. The Kier molecular flexibility index (Phi) is 3.90. The number of hydrogen-bond donors (Lipinski definition) is 1. The first-order valence-electron chi connectivity index (χ1n) is 4.59. The molecule has 0 aliphatic rings. The Morgan fingerprint density at radius 2 is 2.14 bits per heavy atom. The van der Waals surface area contributed by atoms with Crippen molar-refractivity contribution in [1.82, 2.24) is 0 Å². The van der Waals surface area contributed by atoms with E-state index < -0.39 is 0 Å². The lowest BCUT2D eigenvalue weighted by Gasteiger charge is -2.23. The van der Waals surface area contributed by atoms with Gasteiger partial charge in [-0.05, 0) is 18.1 Å². The van der Waals surface area contributed by atoms with Crippen LogP contribution < -0.4 is 0 Å². The topological polar surface area (TPSA) is 20.2 Å². The maximum absolute atomic E-state index is 9.25. The lowest BCUT2D eigenvalue weighted by molar-refractivity contribution is 0.184. The van der Waals surface area contributed by atoms with Crippen molar-refractivity contribution in [3.8, 4) is 0 Å². The van der Waals surface area contributed by atoms with Crippen LogP contribution >= 0.6 is 15.9 Å². The first-order chi connectivity index (χ1) is 6.61. The summed E-state index contributed by atoms with van der Waals surface area (Å²) in [6, 6.07) is 8.05. The molecule has 1 unspecified atom stereocenters. The largest absolute Gasteiger partial charge is 0.395 e. The van der Waals surface area contributed by atoms with E-state index in [0.29, 0.717) is 0 Å². The lowest BCUT2D eigenvalue weighted by Crippen LogP contribution is -2.21. The molecule has 0 heterocycles. The summed E-state index contributed by atoms with van der Waals surface area (Å²) in [5.41, 5.74) is 0.966. The van der Waals surface area contributed by atoms with Crippen molar-refractivity contribution in [2.24, 2.45) is 5.41 Å². The lowest BCUT2D eigenvalue weighted by atomic mass is 9.85. The van der Waals surface area contributed by atoms with E-state index in [0.717, 1.165) is 10.9 Å². The number of benzene rings is 1. The summed E-state index contributed by atoms with van der Waals surface area (Å²) in [7, 11) is 0. The van der Waals surface area contributed by atoms with Crippen molar-refractivity contribution >= 4 is 15.9 Å². The average Bonchev–Trinajstić information content (AvgIpc) is 2.21. The Morgan fingerprint density at radius 1 is 1.50 bits per heavy atom. The van der Waals surface area contributed by atoms with E-state index in [-0.39, 0.29) is 12.0 Å². The molecule has 0 amide bonds. The Hall–Kier alpha value is -0.600. The number of aliphatic hydroxyl groups excluding tert-OH is 1. The molecule has 0 aliphatic heterocycles. The highest BCUT2D eigenvalue weighted by atomic mass is 79.9. The van der Waals surface area contributed by atoms with Gasteiger partial charge in [0.2, 0.25) is 0 Å². The Bertz CT molecular complexity index is 322. The molecule has 1 aromatic rings. The minimum absolute atomic E-state index is 0.123. The smallest absolute Gasteiger partial charge is 0.0522 e. The van der Waals surface area contributed by atoms with E-state index in [9.17, 15) is 5.11 Å². The van der Waals surface area contributed by atoms with Crippen molar-refractivity contribution in [3.63, 3.8) is 0 Å². The molecule has 14 heavy (non-hydrogen) atoms. The third kappa shape index (κ3) is 2.69. The van der Waals surface area contributed by atoms with Gasteiger partial charge < -0.3 is 5.11 Å². The van der Waals surface area contributed by atoms with Crippen molar-refractivity contribution in [2.45, 2.75) is 13.3 Å². The minimum Gasteiger partial charge on any atom is -0.395 e. The van der Waals surface area contributed by atoms with Gasteiger partial charge in [0, 0.05) is 9.89 Å². The quantitative estimate of drug-likeness (QED) is 0.819. The summed E-state index contributed by atoms with van der Waals surface area (Å²) in [5, 5.41) is 9.25. The zero-order valence-electron chi connectivity index (χ0n) is 8.33. The molecule has 76 valence electrons. The van der Waals surface area contributed by atoms with Gasteiger partial charge in [-0.2, -0.15) is 0 Å². The molecular weight excluding hydrogens is 240 g/mol. The molecule has 0 radical (unpaired) electrons. The predicted octanol–water partition coefficient (Wildman–Crippen LogP) is 3.18. The molecule has 0 fully saturated rings. The van der Waals surface area contributed by atoms with Crippen molar-refractivity contribution in [3.05, 3.63) is 47.0 Å². The van der Waals surface area contributed by atoms with E-state index in [1.807, 2.05) is 31.2 Å². The zero-order valence-corrected chi connectivity index (χ0v) is 9.92. The molecule has 1 aromatic carbocycles. The van der Waals surface area contributed by atoms with Gasteiger partial charge in [0.25, 0.3) is 0 Å². The minimum atomic E-state index is -0.232. The van der Waals surface area contributed by atoms with Gasteiger partial charge in [-0.3, -0.25) is 0 Å². The van der Waals surface area contributed by atoms with Gasteiger partial charge in [-0.25, -0.2) is 0 Å². The highest BCUT2D eigenvalue weighted by Gasteiger charge is 2.20.